The lowest BCUT2D eigenvalue weighted by atomic mass is 9.99. The van der Waals surface area contributed by atoms with Gasteiger partial charge < -0.3 is 60.2 Å². The predicted octanol–water partition coefficient (Wildman–Crippen LogP) is 1.13. The monoisotopic (exact) mass is 558 g/mol. The molecule has 40 heavy (non-hydrogen) atoms. The molecule has 4 rings (SSSR count). The Hall–Kier alpha value is -4.69. The Bertz CT molecular complexity index is 1380. The lowest BCUT2D eigenvalue weighted by Crippen LogP contribution is -2.61. The maximum absolute atomic E-state index is 12.8. The smallest absolute Gasteiger partial charge is 0.339 e. The number of phenolic OH excluding ortho intramolecular Hbond substituents is 6. The Labute approximate surface area is 226 Å². The third kappa shape index (κ3) is 5.97. The molecular formula is C27H26O13. The van der Waals surface area contributed by atoms with Crippen LogP contribution >= 0.6 is 0 Å². The van der Waals surface area contributed by atoms with Gasteiger partial charge in [-0.15, -0.1) is 0 Å². The first-order valence-corrected chi connectivity index (χ1v) is 11.8. The molecule has 0 saturated carbocycles. The van der Waals surface area contributed by atoms with E-state index in [1.165, 1.54) is 24.3 Å². The van der Waals surface area contributed by atoms with Crippen molar-refractivity contribution >= 4 is 18.1 Å². The number of phenols is 6. The van der Waals surface area contributed by atoms with Gasteiger partial charge in [0.2, 0.25) is 6.29 Å². The van der Waals surface area contributed by atoms with Crippen molar-refractivity contribution in [1.29, 1.82) is 0 Å². The van der Waals surface area contributed by atoms with Gasteiger partial charge in [-0.2, -0.15) is 0 Å². The number of carbonyl (C=O) groups is 1. The van der Waals surface area contributed by atoms with Gasteiger partial charge in [0.25, 0.3) is 0 Å². The zero-order chi connectivity index (χ0) is 29.1. The van der Waals surface area contributed by atoms with Crippen molar-refractivity contribution in [2.24, 2.45) is 0 Å². The fourth-order valence-corrected chi connectivity index (χ4v) is 3.95. The van der Waals surface area contributed by atoms with Crippen LogP contribution in [0.25, 0.3) is 12.2 Å². The van der Waals surface area contributed by atoms with E-state index in [2.05, 4.69) is 0 Å². The average molecular weight is 558 g/mol. The summed E-state index contributed by atoms with van der Waals surface area (Å²) in [6.07, 6.45) is -5.53. The Morgan fingerprint density at radius 1 is 0.825 bits per heavy atom. The quantitative estimate of drug-likeness (QED) is 0.113. The van der Waals surface area contributed by atoms with Gasteiger partial charge >= 0.3 is 5.97 Å². The van der Waals surface area contributed by atoms with Crippen molar-refractivity contribution in [3.8, 4) is 40.2 Å². The van der Waals surface area contributed by atoms with Crippen LogP contribution in [-0.4, -0.2) is 89.2 Å². The minimum absolute atomic E-state index is 0.0446. The van der Waals surface area contributed by atoms with Crippen molar-refractivity contribution in [3.05, 3.63) is 65.2 Å². The van der Waals surface area contributed by atoms with Crippen molar-refractivity contribution in [2.45, 2.75) is 30.7 Å². The number of carbonyl (C=O) groups excluding carboxylic acids is 1. The summed E-state index contributed by atoms with van der Waals surface area (Å²) in [6.45, 7) is -0.770. The first-order chi connectivity index (χ1) is 19.0. The Balaban J connectivity index is 1.67. The molecule has 212 valence electrons. The molecule has 5 unspecified atom stereocenters. The lowest BCUT2D eigenvalue weighted by molar-refractivity contribution is -0.276. The topological polar surface area (TPSA) is 227 Å². The summed E-state index contributed by atoms with van der Waals surface area (Å²) in [4.78, 5) is 12.8. The molecule has 0 amide bonds. The van der Waals surface area contributed by atoms with Gasteiger partial charge in [-0.05, 0) is 35.9 Å². The van der Waals surface area contributed by atoms with Crippen LogP contribution in [-0.2, 0) is 9.47 Å². The second kappa shape index (κ2) is 11.6. The number of aliphatic hydroxyl groups is 3. The Morgan fingerprint density at radius 2 is 1.48 bits per heavy atom. The third-order valence-electron chi connectivity index (χ3n) is 6.04. The number of esters is 1. The van der Waals surface area contributed by atoms with E-state index in [0.29, 0.717) is 5.56 Å². The maximum Gasteiger partial charge on any atom is 0.339 e. The molecule has 13 heteroatoms. The molecule has 1 saturated heterocycles. The molecule has 1 heterocycles. The lowest BCUT2D eigenvalue weighted by Gasteiger charge is -2.41. The standard InChI is InChI=1S/C27H26O13/c28-11-20-22(35)23(36)25(39-26(37)14-8-17(31)21(34)18(32)9-14)27(38-20)40-24-13(7-16(30)10-19(24)33)4-1-12-2-5-15(29)6-3-12/h1-10,20,22-23,25,27-36H,11H2. The van der Waals surface area contributed by atoms with E-state index in [4.69, 9.17) is 14.2 Å². The molecule has 5 atom stereocenters. The molecule has 13 nitrogen and oxygen atoms in total. The summed E-state index contributed by atoms with van der Waals surface area (Å²) in [7, 11) is 0. The molecule has 1 aliphatic rings. The third-order valence-corrected chi connectivity index (χ3v) is 6.04. The summed E-state index contributed by atoms with van der Waals surface area (Å²) in [5.74, 6) is -4.94. The van der Waals surface area contributed by atoms with Crippen LogP contribution in [0.3, 0.4) is 0 Å². The molecule has 0 aromatic heterocycles. The van der Waals surface area contributed by atoms with Crippen LogP contribution in [0, 0.1) is 0 Å². The molecule has 0 bridgehead atoms. The molecule has 0 radical (unpaired) electrons. The molecule has 1 fully saturated rings. The first-order valence-electron chi connectivity index (χ1n) is 11.8. The highest BCUT2D eigenvalue weighted by atomic mass is 16.7. The average Bonchev–Trinajstić information content (AvgIpc) is 2.91. The molecule has 3 aromatic rings. The summed E-state index contributed by atoms with van der Waals surface area (Å²) in [5, 5.41) is 89.7. The summed E-state index contributed by atoms with van der Waals surface area (Å²) in [6, 6.07) is 9.83. The molecule has 3 aromatic carbocycles. The number of ether oxygens (including phenoxy) is 3. The van der Waals surface area contributed by atoms with Gasteiger partial charge in [0.15, 0.2) is 34.9 Å². The largest absolute Gasteiger partial charge is 0.508 e. The zero-order valence-corrected chi connectivity index (χ0v) is 20.5. The highest BCUT2D eigenvalue weighted by molar-refractivity contribution is 5.91. The SMILES string of the molecule is O=C(OC1C(Oc2c(O)cc(O)cc2C=Cc2ccc(O)cc2)OC(CO)C(O)C1O)c1cc(O)c(O)c(O)c1. The molecule has 9 N–H and O–H groups in total. The summed E-state index contributed by atoms with van der Waals surface area (Å²) in [5.41, 5.74) is 0.294. The van der Waals surface area contributed by atoms with Crippen LogP contribution in [0.1, 0.15) is 21.5 Å². The number of hydrogen-bond donors (Lipinski definition) is 9. The fraction of sp³-hybridized carbons (Fsp3) is 0.222. The number of aromatic hydroxyl groups is 6. The second-order valence-corrected chi connectivity index (χ2v) is 8.87. The van der Waals surface area contributed by atoms with E-state index in [9.17, 15) is 50.8 Å². The van der Waals surface area contributed by atoms with Gasteiger partial charge in [0, 0.05) is 11.6 Å². The number of benzene rings is 3. The van der Waals surface area contributed by atoms with E-state index >= 15 is 0 Å². The summed E-state index contributed by atoms with van der Waals surface area (Å²) >= 11 is 0. The van der Waals surface area contributed by atoms with Crippen molar-refractivity contribution in [2.75, 3.05) is 6.61 Å². The van der Waals surface area contributed by atoms with Crippen LogP contribution in [0.2, 0.25) is 0 Å². The van der Waals surface area contributed by atoms with Crippen LogP contribution in [0.4, 0.5) is 0 Å². The van der Waals surface area contributed by atoms with E-state index in [0.717, 1.165) is 18.2 Å². The Kier molecular flexibility index (Phi) is 8.21. The predicted molar refractivity (Wildman–Crippen MR) is 136 cm³/mol. The van der Waals surface area contributed by atoms with Gasteiger partial charge in [0.05, 0.1) is 12.2 Å². The molecule has 0 aliphatic carbocycles. The van der Waals surface area contributed by atoms with Crippen LogP contribution < -0.4 is 4.74 Å². The van der Waals surface area contributed by atoms with Gasteiger partial charge in [-0.1, -0.05) is 24.3 Å². The van der Waals surface area contributed by atoms with E-state index < -0.39 is 71.8 Å². The number of rotatable bonds is 7. The highest BCUT2D eigenvalue weighted by Crippen LogP contribution is 2.39. The van der Waals surface area contributed by atoms with E-state index in [-0.39, 0.29) is 22.8 Å². The maximum atomic E-state index is 12.8. The van der Waals surface area contributed by atoms with Gasteiger partial charge in [-0.25, -0.2) is 4.79 Å². The zero-order valence-electron chi connectivity index (χ0n) is 20.5. The Morgan fingerprint density at radius 3 is 2.10 bits per heavy atom. The number of aliphatic hydroxyl groups excluding tert-OH is 3. The first kappa shape index (κ1) is 28.3. The van der Waals surface area contributed by atoms with E-state index in [1.54, 1.807) is 18.2 Å². The highest BCUT2D eigenvalue weighted by Gasteiger charge is 2.48. The normalized spacial score (nSPS) is 22.7. The van der Waals surface area contributed by atoms with Crippen molar-refractivity contribution in [1.82, 2.24) is 0 Å². The fourth-order valence-electron chi connectivity index (χ4n) is 3.95. The van der Waals surface area contributed by atoms with Gasteiger partial charge in [0.1, 0.15) is 29.8 Å². The minimum atomic E-state index is -1.88. The molecule has 0 spiro atoms. The minimum Gasteiger partial charge on any atom is -0.508 e. The second-order valence-electron chi connectivity index (χ2n) is 8.87. The van der Waals surface area contributed by atoms with E-state index in [1.807, 2.05) is 0 Å². The molecular weight excluding hydrogens is 532 g/mol. The summed E-state index contributed by atoms with van der Waals surface area (Å²) < 4.78 is 16.6. The van der Waals surface area contributed by atoms with Crippen molar-refractivity contribution < 1.29 is 65.0 Å². The van der Waals surface area contributed by atoms with Crippen LogP contribution in [0.5, 0.6) is 40.2 Å². The van der Waals surface area contributed by atoms with Crippen molar-refractivity contribution in [3.63, 3.8) is 0 Å². The number of hydrogen-bond acceptors (Lipinski definition) is 13. The van der Waals surface area contributed by atoms with Gasteiger partial charge in [-0.3, -0.25) is 0 Å². The molecule has 1 aliphatic heterocycles. The van der Waals surface area contributed by atoms with Crippen LogP contribution in [0.15, 0.2) is 48.5 Å².